The molecule has 0 fully saturated rings. The molecular weight excluding hydrogens is 403 g/mol. The van der Waals surface area contributed by atoms with Gasteiger partial charge in [0.25, 0.3) is 0 Å². The van der Waals surface area contributed by atoms with Gasteiger partial charge in [0.15, 0.2) is 0 Å². The molecule has 1 aliphatic heterocycles. The second-order valence-corrected chi connectivity index (χ2v) is 7.36. The van der Waals surface area contributed by atoms with E-state index in [4.69, 9.17) is 23.2 Å². The highest BCUT2D eigenvalue weighted by Gasteiger charge is 2.24. The van der Waals surface area contributed by atoms with Crippen molar-refractivity contribution in [3.63, 3.8) is 0 Å². The highest BCUT2D eigenvalue weighted by atomic mass is 35.5. The molecule has 1 aromatic heterocycles. The standard InChI is InChI=1S/C21H15Cl2F2N3/c1-11-15(5-6-18(26-11)16-3-2-4-17(22)21(16)23)20-10-19(27-28-20)12-7-13(24)9-14(25)8-12/h2-9,19,27H,10H2,1H3. The minimum Gasteiger partial charge on any atom is -0.302 e. The summed E-state index contributed by atoms with van der Waals surface area (Å²) in [6.07, 6.45) is 0.503. The van der Waals surface area contributed by atoms with Crippen molar-refractivity contribution in [2.75, 3.05) is 0 Å². The van der Waals surface area contributed by atoms with Gasteiger partial charge in [0.1, 0.15) is 11.6 Å². The average Bonchev–Trinajstić information content (AvgIpc) is 3.13. The summed E-state index contributed by atoms with van der Waals surface area (Å²) in [6.45, 7) is 1.88. The van der Waals surface area contributed by atoms with Crippen molar-refractivity contribution in [2.45, 2.75) is 19.4 Å². The molecule has 0 amide bonds. The number of nitrogens with one attached hydrogen (secondary N) is 1. The Morgan fingerprint density at radius 1 is 1.00 bits per heavy atom. The van der Waals surface area contributed by atoms with Crippen molar-refractivity contribution in [2.24, 2.45) is 5.10 Å². The van der Waals surface area contributed by atoms with Gasteiger partial charge in [-0.2, -0.15) is 5.10 Å². The van der Waals surface area contributed by atoms with E-state index in [1.165, 1.54) is 12.1 Å². The quantitative estimate of drug-likeness (QED) is 0.560. The predicted molar refractivity (Wildman–Crippen MR) is 108 cm³/mol. The molecule has 0 bridgehead atoms. The number of pyridine rings is 1. The molecule has 0 aliphatic carbocycles. The normalized spacial score (nSPS) is 16.0. The monoisotopic (exact) mass is 417 g/mol. The van der Waals surface area contributed by atoms with Crippen LogP contribution in [-0.4, -0.2) is 10.7 Å². The van der Waals surface area contributed by atoms with Gasteiger partial charge in [-0.1, -0.05) is 35.3 Å². The van der Waals surface area contributed by atoms with E-state index in [0.717, 1.165) is 28.6 Å². The molecule has 1 unspecified atom stereocenters. The van der Waals surface area contributed by atoms with Crippen molar-refractivity contribution in [3.05, 3.63) is 87.0 Å². The van der Waals surface area contributed by atoms with E-state index in [9.17, 15) is 8.78 Å². The van der Waals surface area contributed by atoms with Gasteiger partial charge in [0.2, 0.25) is 0 Å². The number of aromatic nitrogens is 1. The zero-order valence-corrected chi connectivity index (χ0v) is 16.3. The van der Waals surface area contributed by atoms with E-state index < -0.39 is 11.6 Å². The maximum Gasteiger partial charge on any atom is 0.126 e. The second kappa shape index (κ2) is 7.49. The van der Waals surface area contributed by atoms with Crippen LogP contribution in [0.5, 0.6) is 0 Å². The van der Waals surface area contributed by atoms with Crippen molar-refractivity contribution in [3.8, 4) is 11.3 Å². The molecule has 0 spiro atoms. The van der Waals surface area contributed by atoms with Crippen LogP contribution in [0.15, 0.2) is 53.6 Å². The van der Waals surface area contributed by atoms with E-state index in [1.54, 1.807) is 6.07 Å². The topological polar surface area (TPSA) is 37.3 Å². The summed E-state index contributed by atoms with van der Waals surface area (Å²) in [4.78, 5) is 4.64. The summed E-state index contributed by atoms with van der Waals surface area (Å²) in [7, 11) is 0. The van der Waals surface area contributed by atoms with Crippen molar-refractivity contribution in [1.82, 2.24) is 10.4 Å². The van der Waals surface area contributed by atoms with Gasteiger partial charge in [0.05, 0.1) is 27.5 Å². The fourth-order valence-corrected chi connectivity index (χ4v) is 3.69. The molecule has 28 heavy (non-hydrogen) atoms. The molecule has 1 N–H and O–H groups in total. The fourth-order valence-electron chi connectivity index (χ4n) is 3.30. The van der Waals surface area contributed by atoms with Gasteiger partial charge in [-0.25, -0.2) is 8.78 Å². The summed E-state index contributed by atoms with van der Waals surface area (Å²) < 4.78 is 27.0. The highest BCUT2D eigenvalue weighted by Crippen LogP contribution is 2.33. The van der Waals surface area contributed by atoms with Crippen LogP contribution >= 0.6 is 23.2 Å². The Bertz CT molecular complexity index is 1080. The van der Waals surface area contributed by atoms with Gasteiger partial charge in [-0.3, -0.25) is 4.98 Å². The van der Waals surface area contributed by atoms with Crippen LogP contribution < -0.4 is 5.43 Å². The third-order valence-corrected chi connectivity index (χ3v) is 5.48. The first-order chi connectivity index (χ1) is 13.4. The molecule has 4 rings (SSSR count). The van der Waals surface area contributed by atoms with Crippen LogP contribution in [0.3, 0.4) is 0 Å². The molecular formula is C21H15Cl2F2N3. The number of hydrogen-bond acceptors (Lipinski definition) is 3. The Morgan fingerprint density at radius 2 is 1.75 bits per heavy atom. The number of nitrogens with zero attached hydrogens (tertiary/aromatic N) is 2. The number of hydrazone groups is 1. The largest absolute Gasteiger partial charge is 0.302 e. The minimum atomic E-state index is -0.606. The number of aryl methyl sites for hydroxylation is 1. The van der Waals surface area contributed by atoms with Crippen molar-refractivity contribution >= 4 is 28.9 Å². The fraction of sp³-hybridized carbons (Fsp3) is 0.143. The van der Waals surface area contributed by atoms with Gasteiger partial charge < -0.3 is 5.43 Å². The third kappa shape index (κ3) is 3.60. The molecule has 3 nitrogen and oxygen atoms in total. The lowest BCUT2D eigenvalue weighted by Gasteiger charge is -2.11. The minimum absolute atomic E-state index is 0.290. The van der Waals surface area contributed by atoms with Gasteiger partial charge >= 0.3 is 0 Å². The number of hydrogen-bond donors (Lipinski definition) is 1. The maximum absolute atomic E-state index is 13.5. The summed E-state index contributed by atoms with van der Waals surface area (Å²) in [5.74, 6) is -1.21. The Hall–Kier alpha value is -2.50. The molecule has 0 saturated carbocycles. The SMILES string of the molecule is Cc1nc(-c2cccc(Cl)c2Cl)ccc1C1=NNC(c2cc(F)cc(F)c2)C1. The Morgan fingerprint density at radius 3 is 2.46 bits per heavy atom. The van der Waals surface area contributed by atoms with Gasteiger partial charge in [-0.15, -0.1) is 0 Å². The van der Waals surface area contributed by atoms with E-state index >= 15 is 0 Å². The highest BCUT2D eigenvalue weighted by molar-refractivity contribution is 6.43. The summed E-state index contributed by atoms with van der Waals surface area (Å²) >= 11 is 12.4. The van der Waals surface area contributed by atoms with Crippen LogP contribution in [0.4, 0.5) is 8.78 Å². The van der Waals surface area contributed by atoms with Crippen LogP contribution in [0, 0.1) is 18.6 Å². The molecule has 3 aromatic rings. The van der Waals surface area contributed by atoms with Crippen LogP contribution in [0.2, 0.25) is 10.0 Å². The average molecular weight is 418 g/mol. The van der Waals surface area contributed by atoms with E-state index in [2.05, 4.69) is 15.5 Å². The van der Waals surface area contributed by atoms with Crippen LogP contribution in [0.25, 0.3) is 11.3 Å². The lowest BCUT2D eigenvalue weighted by molar-refractivity contribution is 0.560. The van der Waals surface area contributed by atoms with E-state index in [-0.39, 0.29) is 6.04 Å². The lowest BCUT2D eigenvalue weighted by atomic mass is 9.97. The molecule has 1 atom stereocenters. The zero-order valence-electron chi connectivity index (χ0n) is 14.8. The Balaban J connectivity index is 1.60. The first-order valence-corrected chi connectivity index (χ1v) is 9.38. The molecule has 1 aliphatic rings. The van der Waals surface area contributed by atoms with Crippen molar-refractivity contribution in [1.29, 1.82) is 0 Å². The number of rotatable bonds is 3. The number of halogens is 4. The Kier molecular flexibility index (Phi) is 5.04. The molecule has 2 aromatic carbocycles. The zero-order chi connectivity index (χ0) is 19.8. The molecule has 0 radical (unpaired) electrons. The first-order valence-electron chi connectivity index (χ1n) is 8.63. The number of benzene rings is 2. The predicted octanol–water partition coefficient (Wildman–Crippen LogP) is 6.08. The first kappa shape index (κ1) is 18.8. The van der Waals surface area contributed by atoms with Gasteiger partial charge in [0, 0.05) is 29.3 Å². The van der Waals surface area contributed by atoms with E-state index in [1.807, 2.05) is 31.2 Å². The van der Waals surface area contributed by atoms with Crippen LogP contribution in [0.1, 0.15) is 29.3 Å². The molecule has 2 heterocycles. The van der Waals surface area contributed by atoms with Gasteiger partial charge in [-0.05, 0) is 42.8 Å². The Labute approximate surface area is 171 Å². The van der Waals surface area contributed by atoms with E-state index in [0.29, 0.717) is 27.7 Å². The van der Waals surface area contributed by atoms with Crippen LogP contribution in [-0.2, 0) is 0 Å². The smallest absolute Gasteiger partial charge is 0.126 e. The summed E-state index contributed by atoms with van der Waals surface area (Å²) in [5.41, 5.74) is 7.37. The van der Waals surface area contributed by atoms with Crippen molar-refractivity contribution < 1.29 is 8.78 Å². The second-order valence-electron chi connectivity index (χ2n) is 6.58. The summed E-state index contributed by atoms with van der Waals surface area (Å²) in [5, 5.41) is 5.28. The molecule has 0 saturated heterocycles. The molecule has 7 heteroatoms. The molecule has 142 valence electrons. The lowest BCUT2D eigenvalue weighted by Crippen LogP contribution is -2.11. The maximum atomic E-state index is 13.5. The third-order valence-electron chi connectivity index (χ3n) is 4.66. The summed E-state index contributed by atoms with van der Waals surface area (Å²) in [6, 6.07) is 12.4.